The average Bonchev–Trinajstić information content (AvgIpc) is 3.19. The van der Waals surface area contributed by atoms with Crippen LogP contribution in [0.1, 0.15) is 11.1 Å². The summed E-state index contributed by atoms with van der Waals surface area (Å²) in [7, 11) is 0. The number of pyridine rings is 1. The molecule has 0 atom stereocenters. The standard InChI is InChI=1S/C30H22N2/c1-3-9-22(10-4-1)19-23-17-18-31-28(20-23)24-15-16-30-27(21-24)26-13-7-8-14-29(26)32(30)25-11-5-2-6-12-25/h1-18,20-21H,19H2. The predicted molar refractivity (Wildman–Crippen MR) is 133 cm³/mol. The van der Waals surface area contributed by atoms with Crippen LogP contribution in [0.2, 0.25) is 0 Å². The number of para-hydroxylation sites is 2. The number of aromatic nitrogens is 2. The van der Waals surface area contributed by atoms with Gasteiger partial charge in [0.1, 0.15) is 0 Å². The van der Waals surface area contributed by atoms with E-state index in [2.05, 4.69) is 120 Å². The minimum atomic E-state index is 0.909. The Hall–Kier alpha value is -4.17. The monoisotopic (exact) mass is 410 g/mol. The lowest BCUT2D eigenvalue weighted by molar-refractivity contribution is 1.16. The fourth-order valence-corrected chi connectivity index (χ4v) is 4.56. The molecule has 0 N–H and O–H groups in total. The van der Waals surface area contributed by atoms with E-state index < -0.39 is 0 Å². The third kappa shape index (κ3) is 3.27. The van der Waals surface area contributed by atoms with Crippen LogP contribution in [-0.4, -0.2) is 9.55 Å². The topological polar surface area (TPSA) is 17.8 Å². The van der Waals surface area contributed by atoms with Crippen LogP contribution in [0.15, 0.2) is 121 Å². The van der Waals surface area contributed by atoms with Crippen molar-refractivity contribution in [1.82, 2.24) is 9.55 Å². The second kappa shape index (κ2) is 7.82. The van der Waals surface area contributed by atoms with Gasteiger partial charge in [0, 0.05) is 28.2 Å². The first kappa shape index (κ1) is 18.6. The highest BCUT2D eigenvalue weighted by Gasteiger charge is 2.13. The molecular weight excluding hydrogens is 388 g/mol. The number of fused-ring (bicyclic) bond motifs is 3. The Bertz CT molecular complexity index is 1530. The first-order valence-corrected chi connectivity index (χ1v) is 10.9. The van der Waals surface area contributed by atoms with Crippen molar-refractivity contribution in [1.29, 1.82) is 0 Å². The van der Waals surface area contributed by atoms with Gasteiger partial charge in [0.05, 0.1) is 16.7 Å². The minimum Gasteiger partial charge on any atom is -0.309 e. The average molecular weight is 411 g/mol. The molecule has 0 saturated heterocycles. The summed E-state index contributed by atoms with van der Waals surface area (Å²) >= 11 is 0. The number of nitrogens with zero attached hydrogens (tertiary/aromatic N) is 2. The lowest BCUT2D eigenvalue weighted by atomic mass is 10.0. The largest absolute Gasteiger partial charge is 0.309 e. The fourth-order valence-electron chi connectivity index (χ4n) is 4.56. The zero-order chi connectivity index (χ0) is 21.3. The second-order valence-electron chi connectivity index (χ2n) is 8.13. The van der Waals surface area contributed by atoms with Crippen LogP contribution in [0.5, 0.6) is 0 Å². The third-order valence-electron chi connectivity index (χ3n) is 6.06. The Morgan fingerprint density at radius 2 is 1.28 bits per heavy atom. The molecule has 0 aliphatic heterocycles. The summed E-state index contributed by atoms with van der Waals surface area (Å²) < 4.78 is 2.34. The molecule has 0 amide bonds. The van der Waals surface area contributed by atoms with E-state index in [1.807, 2.05) is 6.20 Å². The van der Waals surface area contributed by atoms with Crippen molar-refractivity contribution in [3.63, 3.8) is 0 Å². The molecule has 6 aromatic rings. The van der Waals surface area contributed by atoms with Crippen molar-refractivity contribution < 1.29 is 0 Å². The maximum atomic E-state index is 4.70. The summed E-state index contributed by atoms with van der Waals surface area (Å²) in [5.74, 6) is 0. The van der Waals surface area contributed by atoms with Gasteiger partial charge in [0.2, 0.25) is 0 Å². The van der Waals surface area contributed by atoms with Crippen molar-refractivity contribution in [2.24, 2.45) is 0 Å². The van der Waals surface area contributed by atoms with Gasteiger partial charge in [-0.15, -0.1) is 0 Å². The molecule has 0 saturated carbocycles. The molecule has 6 rings (SSSR count). The number of hydrogen-bond donors (Lipinski definition) is 0. The molecule has 2 heterocycles. The van der Waals surface area contributed by atoms with Gasteiger partial charge in [-0.1, -0.05) is 72.8 Å². The third-order valence-corrected chi connectivity index (χ3v) is 6.06. The van der Waals surface area contributed by atoms with Crippen LogP contribution in [0.25, 0.3) is 38.8 Å². The molecule has 4 aromatic carbocycles. The van der Waals surface area contributed by atoms with E-state index in [0.29, 0.717) is 0 Å². The van der Waals surface area contributed by atoms with E-state index in [1.54, 1.807) is 0 Å². The molecule has 0 spiro atoms. The second-order valence-corrected chi connectivity index (χ2v) is 8.13. The molecule has 32 heavy (non-hydrogen) atoms. The molecule has 0 radical (unpaired) electrons. The fraction of sp³-hybridized carbons (Fsp3) is 0.0333. The summed E-state index contributed by atoms with van der Waals surface area (Å²) in [6, 6.07) is 40.8. The van der Waals surface area contributed by atoms with Gasteiger partial charge in [-0.05, 0) is 60.0 Å². The van der Waals surface area contributed by atoms with Gasteiger partial charge in [-0.2, -0.15) is 0 Å². The van der Waals surface area contributed by atoms with Crippen LogP contribution in [-0.2, 0) is 6.42 Å². The van der Waals surface area contributed by atoms with Gasteiger partial charge in [-0.3, -0.25) is 4.98 Å². The maximum Gasteiger partial charge on any atom is 0.0705 e. The van der Waals surface area contributed by atoms with E-state index >= 15 is 0 Å². The van der Waals surface area contributed by atoms with Crippen LogP contribution in [0.3, 0.4) is 0 Å². The van der Waals surface area contributed by atoms with Gasteiger partial charge in [0.15, 0.2) is 0 Å². The Labute approximate surface area is 187 Å². The molecule has 0 aliphatic rings. The van der Waals surface area contributed by atoms with E-state index in [1.165, 1.54) is 38.6 Å². The molecular formula is C30H22N2. The Morgan fingerprint density at radius 3 is 2.12 bits per heavy atom. The Kier molecular flexibility index (Phi) is 4.54. The lowest BCUT2D eigenvalue weighted by Gasteiger charge is -2.08. The Morgan fingerprint density at radius 1 is 0.562 bits per heavy atom. The minimum absolute atomic E-state index is 0.909. The van der Waals surface area contributed by atoms with E-state index in [4.69, 9.17) is 4.98 Å². The summed E-state index contributed by atoms with van der Waals surface area (Å²) in [5.41, 5.74) is 8.34. The predicted octanol–water partition coefficient (Wildman–Crippen LogP) is 7.44. The van der Waals surface area contributed by atoms with Gasteiger partial charge in [-0.25, -0.2) is 0 Å². The molecule has 0 fully saturated rings. The lowest BCUT2D eigenvalue weighted by Crippen LogP contribution is -1.93. The van der Waals surface area contributed by atoms with Crippen LogP contribution in [0, 0.1) is 0 Å². The van der Waals surface area contributed by atoms with Crippen LogP contribution in [0.4, 0.5) is 0 Å². The first-order chi connectivity index (χ1) is 15.9. The molecule has 152 valence electrons. The van der Waals surface area contributed by atoms with Crippen LogP contribution >= 0.6 is 0 Å². The summed E-state index contributed by atoms with van der Waals surface area (Å²) in [4.78, 5) is 4.70. The van der Waals surface area contributed by atoms with Crippen LogP contribution < -0.4 is 0 Å². The maximum absolute atomic E-state index is 4.70. The normalized spacial score (nSPS) is 11.2. The highest BCUT2D eigenvalue weighted by Crippen LogP contribution is 2.34. The number of hydrogen-bond acceptors (Lipinski definition) is 1. The summed E-state index contributed by atoms with van der Waals surface area (Å²) in [6.45, 7) is 0. The smallest absolute Gasteiger partial charge is 0.0705 e. The van der Waals surface area contributed by atoms with Crippen molar-refractivity contribution in [2.45, 2.75) is 6.42 Å². The quantitative estimate of drug-likeness (QED) is 0.295. The van der Waals surface area contributed by atoms with Gasteiger partial charge in [0.25, 0.3) is 0 Å². The van der Waals surface area contributed by atoms with Gasteiger partial charge < -0.3 is 4.57 Å². The highest BCUT2D eigenvalue weighted by molar-refractivity contribution is 6.10. The van der Waals surface area contributed by atoms with Crippen molar-refractivity contribution in [2.75, 3.05) is 0 Å². The first-order valence-electron chi connectivity index (χ1n) is 10.9. The molecule has 0 aliphatic carbocycles. The van der Waals surface area contributed by atoms with Crippen molar-refractivity contribution in [3.05, 3.63) is 133 Å². The molecule has 2 nitrogen and oxygen atoms in total. The van der Waals surface area contributed by atoms with Crippen molar-refractivity contribution >= 4 is 21.8 Å². The number of rotatable bonds is 4. The zero-order valence-electron chi connectivity index (χ0n) is 17.6. The Balaban J connectivity index is 1.48. The molecule has 0 unspecified atom stereocenters. The van der Waals surface area contributed by atoms with E-state index in [0.717, 1.165) is 17.7 Å². The van der Waals surface area contributed by atoms with E-state index in [9.17, 15) is 0 Å². The molecule has 2 heteroatoms. The van der Waals surface area contributed by atoms with Gasteiger partial charge >= 0.3 is 0 Å². The highest BCUT2D eigenvalue weighted by atomic mass is 15.0. The van der Waals surface area contributed by atoms with Crippen molar-refractivity contribution in [3.8, 4) is 16.9 Å². The number of benzene rings is 4. The zero-order valence-corrected chi connectivity index (χ0v) is 17.6. The molecule has 2 aromatic heterocycles. The summed E-state index contributed by atoms with van der Waals surface area (Å²) in [6.07, 6.45) is 2.83. The summed E-state index contributed by atoms with van der Waals surface area (Å²) in [5, 5.41) is 2.51. The SMILES string of the molecule is c1ccc(Cc2ccnc(-c3ccc4c(c3)c3ccccc3n4-c3ccccc3)c2)cc1. The van der Waals surface area contributed by atoms with E-state index in [-0.39, 0.29) is 0 Å². The molecule has 0 bridgehead atoms.